The van der Waals surface area contributed by atoms with Crippen molar-refractivity contribution in [1.82, 2.24) is 30.4 Å². The van der Waals surface area contributed by atoms with E-state index in [1.54, 1.807) is 6.92 Å². The highest BCUT2D eigenvalue weighted by molar-refractivity contribution is 7.89. The van der Waals surface area contributed by atoms with Crippen LogP contribution in [0.4, 0.5) is 0 Å². The first-order chi connectivity index (χ1) is 9.90. The van der Waals surface area contributed by atoms with Crippen LogP contribution in [-0.2, 0) is 23.1 Å². The maximum absolute atomic E-state index is 12.4. The Balaban J connectivity index is 2.16. The van der Waals surface area contributed by atoms with Gasteiger partial charge in [-0.1, -0.05) is 19.0 Å². The van der Waals surface area contributed by atoms with Crippen LogP contribution in [0.3, 0.4) is 0 Å². The van der Waals surface area contributed by atoms with Crippen molar-refractivity contribution in [3.8, 4) is 0 Å². The molecule has 0 aliphatic carbocycles. The van der Waals surface area contributed by atoms with Crippen molar-refractivity contribution >= 4 is 10.0 Å². The molecule has 3 N–H and O–H groups in total. The van der Waals surface area contributed by atoms with E-state index in [2.05, 4.69) is 34.9 Å². The lowest BCUT2D eigenvalue weighted by molar-refractivity contribution is 0.409. The van der Waals surface area contributed by atoms with Gasteiger partial charge in [-0.3, -0.25) is 5.10 Å². The van der Waals surface area contributed by atoms with Crippen LogP contribution in [0.25, 0.3) is 0 Å². The molecule has 9 nitrogen and oxygen atoms in total. The maximum Gasteiger partial charge on any atom is 0.244 e. The average molecular weight is 314 g/mol. The summed E-state index contributed by atoms with van der Waals surface area (Å²) >= 11 is 0. The molecule has 0 bridgehead atoms. The molecule has 2 aromatic rings. The summed E-state index contributed by atoms with van der Waals surface area (Å²) in [7, 11) is -3.71. The lowest BCUT2D eigenvalue weighted by atomic mass is 10.3. The maximum atomic E-state index is 12.4. The molecule has 0 aliphatic rings. The zero-order chi connectivity index (χ0) is 15.5. The number of H-pyrrole nitrogens is 1. The fourth-order valence-corrected chi connectivity index (χ4v) is 3.09. The van der Waals surface area contributed by atoms with Gasteiger partial charge in [0.05, 0.1) is 17.9 Å². The second kappa shape index (κ2) is 6.33. The third-order valence-corrected chi connectivity index (χ3v) is 4.34. The van der Waals surface area contributed by atoms with Gasteiger partial charge >= 0.3 is 0 Å². The molecule has 0 radical (unpaired) electrons. The quantitative estimate of drug-likeness (QED) is 0.660. The van der Waals surface area contributed by atoms with Gasteiger partial charge in [0.15, 0.2) is 5.82 Å². The Kier molecular flexibility index (Phi) is 4.70. The zero-order valence-corrected chi connectivity index (χ0v) is 12.9. The normalized spacial score (nSPS) is 12.2. The number of sulfonamides is 1. The fraction of sp³-hybridized carbons (Fsp3) is 0.545. The second-order valence-corrected chi connectivity index (χ2v) is 6.54. The van der Waals surface area contributed by atoms with E-state index >= 15 is 0 Å². The molecule has 2 aromatic heterocycles. The summed E-state index contributed by atoms with van der Waals surface area (Å²) in [5.41, 5.74) is 0.929. The molecule has 0 fully saturated rings. The highest BCUT2D eigenvalue weighted by Gasteiger charge is 2.24. The average Bonchev–Trinajstić information content (AvgIpc) is 3.03. The molecule has 21 heavy (non-hydrogen) atoms. The molecule has 116 valence electrons. The number of aromatic amines is 1. The van der Waals surface area contributed by atoms with Gasteiger partial charge in [-0.15, -0.1) is 0 Å². The molecular formula is C11H18N6O3S. The molecule has 0 unspecified atom stereocenters. The number of nitrogens with zero attached hydrogens (tertiary/aromatic N) is 3. The van der Waals surface area contributed by atoms with E-state index in [-0.39, 0.29) is 23.3 Å². The van der Waals surface area contributed by atoms with Gasteiger partial charge in [-0.2, -0.15) is 10.1 Å². The summed E-state index contributed by atoms with van der Waals surface area (Å²) in [5.74, 6) is 0.265. The van der Waals surface area contributed by atoms with E-state index in [4.69, 9.17) is 0 Å². The first kappa shape index (κ1) is 15.6. The van der Waals surface area contributed by atoms with Crippen molar-refractivity contribution in [1.29, 1.82) is 0 Å². The van der Waals surface area contributed by atoms with Crippen LogP contribution < -0.4 is 10.0 Å². The van der Waals surface area contributed by atoms with Gasteiger partial charge in [0.2, 0.25) is 16.4 Å². The lowest BCUT2D eigenvalue weighted by Gasteiger charge is -2.09. The third-order valence-electron chi connectivity index (χ3n) is 2.73. The Hall–Kier alpha value is -1.78. The molecule has 0 atom stereocenters. The molecule has 0 aliphatic heterocycles. The van der Waals surface area contributed by atoms with Gasteiger partial charge in [0.1, 0.15) is 4.90 Å². The van der Waals surface area contributed by atoms with E-state index in [0.29, 0.717) is 17.9 Å². The van der Waals surface area contributed by atoms with Crippen molar-refractivity contribution in [2.24, 2.45) is 0 Å². The van der Waals surface area contributed by atoms with E-state index in [9.17, 15) is 8.42 Å². The number of rotatable bonds is 7. The smallest absolute Gasteiger partial charge is 0.244 e. The van der Waals surface area contributed by atoms with Gasteiger partial charge in [-0.25, -0.2) is 13.1 Å². The lowest BCUT2D eigenvalue weighted by Crippen LogP contribution is -2.27. The number of hydrogen-bond donors (Lipinski definition) is 3. The number of aromatic nitrogens is 4. The topological polar surface area (TPSA) is 126 Å². The Morgan fingerprint density at radius 3 is 2.76 bits per heavy atom. The molecule has 10 heteroatoms. The number of nitrogens with one attached hydrogen (secondary N) is 3. The summed E-state index contributed by atoms with van der Waals surface area (Å²) in [6.07, 6.45) is 1.14. The van der Waals surface area contributed by atoms with E-state index < -0.39 is 10.0 Å². The second-order valence-electron chi connectivity index (χ2n) is 4.83. The minimum absolute atomic E-state index is 0.0412. The van der Waals surface area contributed by atoms with Gasteiger partial charge in [0, 0.05) is 12.6 Å². The van der Waals surface area contributed by atoms with Crippen LogP contribution in [0.15, 0.2) is 15.8 Å². The van der Waals surface area contributed by atoms with Crippen molar-refractivity contribution in [3.05, 3.63) is 23.6 Å². The highest BCUT2D eigenvalue weighted by Crippen LogP contribution is 2.17. The Bertz CT molecular complexity index is 677. The first-order valence-corrected chi connectivity index (χ1v) is 7.90. The molecule has 2 heterocycles. The summed E-state index contributed by atoms with van der Waals surface area (Å²) in [5, 5.41) is 13.4. The fourth-order valence-electron chi connectivity index (χ4n) is 1.75. The van der Waals surface area contributed by atoms with E-state index in [0.717, 1.165) is 6.39 Å². The van der Waals surface area contributed by atoms with Crippen LogP contribution in [-0.4, -0.2) is 34.8 Å². The summed E-state index contributed by atoms with van der Waals surface area (Å²) < 4.78 is 31.8. The minimum atomic E-state index is -3.71. The van der Waals surface area contributed by atoms with Crippen LogP contribution in [0.2, 0.25) is 0 Å². The highest BCUT2D eigenvalue weighted by atomic mass is 32.2. The molecular weight excluding hydrogens is 296 g/mol. The Labute approximate surface area is 122 Å². The van der Waals surface area contributed by atoms with Crippen LogP contribution >= 0.6 is 0 Å². The van der Waals surface area contributed by atoms with Crippen molar-refractivity contribution in [2.45, 2.75) is 44.8 Å². The van der Waals surface area contributed by atoms with Crippen molar-refractivity contribution < 1.29 is 12.9 Å². The van der Waals surface area contributed by atoms with Crippen LogP contribution in [0.1, 0.15) is 31.1 Å². The third kappa shape index (κ3) is 3.86. The summed E-state index contributed by atoms with van der Waals surface area (Å²) in [6, 6.07) is 0.227. The molecule has 0 amide bonds. The summed E-state index contributed by atoms with van der Waals surface area (Å²) in [6.45, 7) is 5.93. The van der Waals surface area contributed by atoms with E-state index in [1.165, 1.54) is 0 Å². The van der Waals surface area contributed by atoms with Crippen molar-refractivity contribution in [3.63, 3.8) is 0 Å². The predicted octanol–water partition coefficient (Wildman–Crippen LogP) is 0.0776. The largest absolute Gasteiger partial charge is 0.343 e. The minimum Gasteiger partial charge on any atom is -0.343 e. The van der Waals surface area contributed by atoms with E-state index in [1.807, 2.05) is 13.8 Å². The van der Waals surface area contributed by atoms with Crippen LogP contribution in [0, 0.1) is 6.92 Å². The Morgan fingerprint density at radius 2 is 2.14 bits per heavy atom. The van der Waals surface area contributed by atoms with Crippen LogP contribution in [0.5, 0.6) is 0 Å². The monoisotopic (exact) mass is 314 g/mol. The van der Waals surface area contributed by atoms with Gasteiger partial charge in [0.25, 0.3) is 0 Å². The molecule has 0 aromatic carbocycles. The Morgan fingerprint density at radius 1 is 1.38 bits per heavy atom. The van der Waals surface area contributed by atoms with Gasteiger partial charge < -0.3 is 9.84 Å². The van der Waals surface area contributed by atoms with Gasteiger partial charge in [-0.05, 0) is 6.92 Å². The molecule has 0 spiro atoms. The SMILES string of the molecule is Cc1[nH]nc(CNC(C)C)c1S(=O)(=O)NCc1ncon1. The first-order valence-electron chi connectivity index (χ1n) is 6.42. The molecule has 2 rings (SSSR count). The molecule has 0 saturated carbocycles. The standard InChI is InChI=1S/C11H18N6O3S/c1-7(2)12-4-9-11(8(3)15-16-9)21(18,19)14-5-10-13-6-20-17-10/h6-7,12,14H,4-5H2,1-3H3,(H,15,16). The molecule has 0 saturated heterocycles. The van der Waals surface area contributed by atoms with Crippen molar-refractivity contribution in [2.75, 3.05) is 0 Å². The zero-order valence-electron chi connectivity index (χ0n) is 12.0. The summed E-state index contributed by atoms with van der Waals surface area (Å²) in [4.78, 5) is 3.92. The number of hydrogen-bond acceptors (Lipinski definition) is 7. The predicted molar refractivity (Wildman–Crippen MR) is 73.6 cm³/mol. The number of aryl methyl sites for hydroxylation is 1.